The molecular weight excluding hydrogens is 411 g/mol. The molecule has 0 spiro atoms. The van der Waals surface area contributed by atoms with E-state index >= 15 is 0 Å². The number of hydrogen-bond acceptors (Lipinski definition) is 5. The van der Waals surface area contributed by atoms with Gasteiger partial charge in [0, 0.05) is 24.0 Å². The van der Waals surface area contributed by atoms with Gasteiger partial charge in [-0.3, -0.25) is 5.10 Å². The topological polar surface area (TPSA) is 104 Å². The molecule has 164 valence electrons. The van der Waals surface area contributed by atoms with Crippen molar-refractivity contribution in [2.45, 2.75) is 45.3 Å². The van der Waals surface area contributed by atoms with Crippen molar-refractivity contribution < 1.29 is 23.1 Å². The SMILES string of the molecule is Cc1nc2c(c(NCc3cccc(-c4ccn[nH]4)c3)n1)CCCC2.O=C(O)C(F)(F)F. The third-order valence-corrected chi connectivity index (χ3v) is 4.74. The number of alkyl halides is 3. The quantitative estimate of drug-likeness (QED) is 0.567. The van der Waals surface area contributed by atoms with Gasteiger partial charge >= 0.3 is 12.1 Å². The zero-order valence-corrected chi connectivity index (χ0v) is 16.8. The molecule has 3 aromatic rings. The first-order chi connectivity index (χ1) is 14.7. The highest BCUT2D eigenvalue weighted by molar-refractivity contribution is 5.73. The summed E-state index contributed by atoms with van der Waals surface area (Å²) < 4.78 is 31.7. The van der Waals surface area contributed by atoms with Gasteiger partial charge in [-0.2, -0.15) is 18.3 Å². The molecule has 31 heavy (non-hydrogen) atoms. The second kappa shape index (κ2) is 9.59. The first-order valence-electron chi connectivity index (χ1n) is 9.73. The monoisotopic (exact) mass is 433 g/mol. The van der Waals surface area contributed by atoms with Crippen molar-refractivity contribution in [2.75, 3.05) is 5.32 Å². The minimum Gasteiger partial charge on any atom is -0.475 e. The van der Waals surface area contributed by atoms with Crippen LogP contribution in [0.2, 0.25) is 0 Å². The van der Waals surface area contributed by atoms with Gasteiger partial charge in [-0.1, -0.05) is 18.2 Å². The van der Waals surface area contributed by atoms with Gasteiger partial charge in [0.2, 0.25) is 0 Å². The molecule has 2 aromatic heterocycles. The summed E-state index contributed by atoms with van der Waals surface area (Å²) in [5, 5.41) is 17.7. The third kappa shape index (κ3) is 6.03. The Kier molecular flexibility index (Phi) is 6.88. The summed E-state index contributed by atoms with van der Waals surface area (Å²) >= 11 is 0. The molecule has 10 heteroatoms. The Morgan fingerprint density at radius 1 is 1.19 bits per heavy atom. The lowest BCUT2D eigenvalue weighted by Gasteiger charge is -2.19. The van der Waals surface area contributed by atoms with E-state index in [1.165, 1.54) is 29.7 Å². The molecule has 0 saturated heterocycles. The highest BCUT2D eigenvalue weighted by Gasteiger charge is 2.38. The van der Waals surface area contributed by atoms with Crippen LogP contribution in [0.4, 0.5) is 19.0 Å². The molecule has 0 bridgehead atoms. The van der Waals surface area contributed by atoms with Crippen LogP contribution >= 0.6 is 0 Å². The van der Waals surface area contributed by atoms with Crippen LogP contribution in [0, 0.1) is 6.92 Å². The molecule has 1 aliphatic rings. The molecule has 7 nitrogen and oxygen atoms in total. The molecule has 0 aliphatic heterocycles. The third-order valence-electron chi connectivity index (χ3n) is 4.74. The Labute approximate surface area is 176 Å². The number of nitrogens with one attached hydrogen (secondary N) is 2. The van der Waals surface area contributed by atoms with Gasteiger partial charge in [-0.25, -0.2) is 14.8 Å². The van der Waals surface area contributed by atoms with Crippen molar-refractivity contribution in [3.05, 3.63) is 59.2 Å². The number of aryl methyl sites for hydroxylation is 2. The molecular formula is C21H22F3N5O2. The average Bonchev–Trinajstić information content (AvgIpc) is 3.27. The second-order valence-electron chi connectivity index (χ2n) is 7.08. The summed E-state index contributed by atoms with van der Waals surface area (Å²) in [7, 11) is 0. The lowest BCUT2D eigenvalue weighted by molar-refractivity contribution is -0.192. The maximum atomic E-state index is 10.6. The molecule has 1 aromatic carbocycles. The maximum Gasteiger partial charge on any atom is 0.490 e. The van der Waals surface area contributed by atoms with Crippen molar-refractivity contribution in [2.24, 2.45) is 0 Å². The van der Waals surface area contributed by atoms with Gasteiger partial charge < -0.3 is 10.4 Å². The Balaban J connectivity index is 0.000000339. The Morgan fingerprint density at radius 2 is 1.94 bits per heavy atom. The van der Waals surface area contributed by atoms with Crippen LogP contribution in [-0.2, 0) is 24.2 Å². The zero-order chi connectivity index (χ0) is 22.4. The van der Waals surface area contributed by atoms with E-state index in [4.69, 9.17) is 9.90 Å². The highest BCUT2D eigenvalue weighted by Crippen LogP contribution is 2.26. The molecule has 0 radical (unpaired) electrons. The van der Waals surface area contributed by atoms with E-state index in [-0.39, 0.29) is 0 Å². The number of benzene rings is 1. The second-order valence-corrected chi connectivity index (χ2v) is 7.08. The molecule has 0 fully saturated rings. The number of aliphatic carboxylic acids is 1. The molecule has 0 atom stereocenters. The van der Waals surface area contributed by atoms with Gasteiger partial charge in [0.25, 0.3) is 0 Å². The summed E-state index contributed by atoms with van der Waals surface area (Å²) in [6.45, 7) is 2.73. The van der Waals surface area contributed by atoms with Gasteiger partial charge in [0.05, 0.1) is 5.69 Å². The predicted molar refractivity (Wildman–Crippen MR) is 108 cm³/mol. The predicted octanol–water partition coefficient (Wildman–Crippen LogP) is 4.30. The number of H-pyrrole nitrogens is 1. The number of rotatable bonds is 4. The van der Waals surface area contributed by atoms with Crippen LogP contribution < -0.4 is 5.32 Å². The van der Waals surface area contributed by atoms with E-state index in [0.717, 1.165) is 42.3 Å². The maximum absolute atomic E-state index is 10.6. The van der Waals surface area contributed by atoms with E-state index < -0.39 is 12.1 Å². The number of carbonyl (C=O) groups is 1. The first-order valence-corrected chi connectivity index (χ1v) is 9.73. The average molecular weight is 433 g/mol. The molecule has 0 saturated carbocycles. The lowest BCUT2D eigenvalue weighted by atomic mass is 9.96. The summed E-state index contributed by atoms with van der Waals surface area (Å²) in [6, 6.07) is 10.5. The number of aromatic amines is 1. The highest BCUT2D eigenvalue weighted by atomic mass is 19.4. The molecule has 2 heterocycles. The van der Waals surface area contributed by atoms with Crippen LogP contribution in [0.5, 0.6) is 0 Å². The Hall–Kier alpha value is -3.43. The van der Waals surface area contributed by atoms with Gasteiger partial charge in [-0.15, -0.1) is 0 Å². The fourth-order valence-corrected chi connectivity index (χ4v) is 3.31. The van der Waals surface area contributed by atoms with E-state index in [0.29, 0.717) is 0 Å². The fraction of sp³-hybridized carbons (Fsp3) is 0.333. The minimum atomic E-state index is -5.08. The van der Waals surface area contributed by atoms with Gasteiger partial charge in [0.1, 0.15) is 11.6 Å². The van der Waals surface area contributed by atoms with Crippen molar-refractivity contribution in [1.29, 1.82) is 0 Å². The van der Waals surface area contributed by atoms with Crippen LogP contribution in [0.25, 0.3) is 11.3 Å². The normalized spacial score (nSPS) is 13.0. The number of anilines is 1. The summed E-state index contributed by atoms with van der Waals surface area (Å²) in [5.74, 6) is -0.902. The lowest BCUT2D eigenvalue weighted by Crippen LogP contribution is -2.21. The standard InChI is InChI=1S/C19H21N5.C2HF3O2/c1-13-22-18-8-3-2-7-16(18)19(23-13)20-12-14-5-4-6-15(11-14)17-9-10-21-24-17;3-2(4,5)1(6)7/h4-6,9-11H,2-3,7-8,12H2,1H3,(H,21,24)(H,20,22,23);(H,6,7). The van der Waals surface area contributed by atoms with Crippen LogP contribution in [0.15, 0.2) is 36.5 Å². The fourth-order valence-electron chi connectivity index (χ4n) is 3.31. The van der Waals surface area contributed by atoms with Gasteiger partial charge in [0.15, 0.2) is 0 Å². The van der Waals surface area contributed by atoms with Crippen molar-refractivity contribution in [3.63, 3.8) is 0 Å². The van der Waals surface area contributed by atoms with Crippen molar-refractivity contribution in [1.82, 2.24) is 20.2 Å². The zero-order valence-electron chi connectivity index (χ0n) is 16.8. The van der Waals surface area contributed by atoms with E-state index in [9.17, 15) is 13.2 Å². The van der Waals surface area contributed by atoms with E-state index in [1.807, 2.05) is 13.0 Å². The summed E-state index contributed by atoms with van der Waals surface area (Å²) in [4.78, 5) is 18.1. The van der Waals surface area contributed by atoms with Crippen molar-refractivity contribution in [3.8, 4) is 11.3 Å². The largest absolute Gasteiger partial charge is 0.490 e. The molecule has 3 N–H and O–H groups in total. The number of nitrogens with zero attached hydrogens (tertiary/aromatic N) is 3. The van der Waals surface area contributed by atoms with Crippen LogP contribution in [0.1, 0.15) is 35.5 Å². The molecule has 1 aliphatic carbocycles. The smallest absolute Gasteiger partial charge is 0.475 e. The number of halogens is 3. The number of aromatic nitrogens is 4. The Morgan fingerprint density at radius 3 is 2.61 bits per heavy atom. The summed E-state index contributed by atoms with van der Waals surface area (Å²) in [6.07, 6.45) is 1.30. The first kappa shape index (κ1) is 22.3. The van der Waals surface area contributed by atoms with E-state index in [2.05, 4.69) is 49.7 Å². The van der Waals surface area contributed by atoms with Crippen LogP contribution in [-0.4, -0.2) is 37.4 Å². The molecule has 4 rings (SSSR count). The van der Waals surface area contributed by atoms with E-state index in [1.54, 1.807) is 6.20 Å². The number of carboxylic acids is 1. The van der Waals surface area contributed by atoms with Gasteiger partial charge in [-0.05, 0) is 55.9 Å². The number of hydrogen-bond donors (Lipinski definition) is 3. The minimum absolute atomic E-state index is 0.755. The van der Waals surface area contributed by atoms with Crippen molar-refractivity contribution >= 4 is 11.8 Å². The molecule has 0 amide bonds. The number of fused-ring (bicyclic) bond motifs is 1. The summed E-state index contributed by atoms with van der Waals surface area (Å²) in [5.41, 5.74) is 5.93. The number of carboxylic acid groups (broad SMARTS) is 1. The Bertz CT molecular complexity index is 1040. The molecule has 0 unspecified atom stereocenters. The van der Waals surface area contributed by atoms with Crippen LogP contribution in [0.3, 0.4) is 0 Å².